The minimum absolute atomic E-state index is 0.0335. The Hall–Kier alpha value is -3.84. The highest BCUT2D eigenvalue weighted by Crippen LogP contribution is 2.51. The number of ether oxygens (including phenoxy) is 1. The van der Waals surface area contributed by atoms with Crippen molar-refractivity contribution in [1.82, 2.24) is 0 Å². The van der Waals surface area contributed by atoms with E-state index in [1.54, 1.807) is 0 Å². The highest BCUT2D eigenvalue weighted by Gasteiger charge is 2.35. The molecule has 0 radical (unpaired) electrons. The molecule has 1 nitrogen and oxygen atoms in total. The summed E-state index contributed by atoms with van der Waals surface area (Å²) in [4.78, 5) is 0. The van der Waals surface area contributed by atoms with E-state index in [1.807, 2.05) is 0 Å². The van der Waals surface area contributed by atoms with Crippen molar-refractivity contribution in [2.45, 2.75) is 19.3 Å². The second kappa shape index (κ2) is 6.11. The summed E-state index contributed by atoms with van der Waals surface area (Å²) in [5.41, 5.74) is 10.3. The maximum absolute atomic E-state index is 6.39. The second-order valence-electron chi connectivity index (χ2n) is 9.40. The highest BCUT2D eigenvalue weighted by molar-refractivity contribution is 6.04. The molecule has 0 fully saturated rings. The first-order chi connectivity index (χ1) is 15.6. The van der Waals surface area contributed by atoms with E-state index in [2.05, 4.69) is 111 Å². The number of benzene rings is 5. The summed E-state index contributed by atoms with van der Waals surface area (Å²) in [6.45, 7) is 4.64. The fraction of sp³-hybridized carbons (Fsp3) is 0.0968. The zero-order chi connectivity index (χ0) is 21.4. The molecular weight excluding hydrogens is 388 g/mol. The minimum Gasteiger partial charge on any atom is -0.456 e. The molecule has 5 aromatic carbocycles. The van der Waals surface area contributed by atoms with Crippen molar-refractivity contribution < 1.29 is 4.74 Å². The normalized spacial score (nSPS) is 14.4. The van der Waals surface area contributed by atoms with Gasteiger partial charge in [-0.1, -0.05) is 86.6 Å². The molecule has 0 spiro atoms. The van der Waals surface area contributed by atoms with Gasteiger partial charge in [-0.3, -0.25) is 0 Å². The Morgan fingerprint density at radius 2 is 1.25 bits per heavy atom. The Bertz CT molecular complexity index is 1570. The number of fused-ring (bicyclic) bond motifs is 5. The van der Waals surface area contributed by atoms with E-state index in [0.29, 0.717) is 0 Å². The van der Waals surface area contributed by atoms with E-state index in [1.165, 1.54) is 49.7 Å². The maximum atomic E-state index is 6.39. The van der Waals surface area contributed by atoms with Crippen LogP contribution < -0.4 is 4.74 Å². The molecule has 152 valence electrons. The third-order valence-electron chi connectivity index (χ3n) is 7.27. The van der Waals surface area contributed by atoms with Crippen molar-refractivity contribution in [3.63, 3.8) is 0 Å². The lowest BCUT2D eigenvalue weighted by Gasteiger charge is -2.22. The van der Waals surface area contributed by atoms with Crippen LogP contribution in [0.1, 0.15) is 25.0 Å². The van der Waals surface area contributed by atoms with E-state index in [9.17, 15) is 0 Å². The summed E-state index contributed by atoms with van der Waals surface area (Å²) >= 11 is 0. The Kier molecular flexibility index (Phi) is 3.40. The van der Waals surface area contributed by atoms with Crippen LogP contribution in [0.5, 0.6) is 11.5 Å². The van der Waals surface area contributed by atoms with Crippen LogP contribution in [0.15, 0.2) is 97.1 Å². The van der Waals surface area contributed by atoms with Crippen molar-refractivity contribution in [2.75, 3.05) is 0 Å². The average Bonchev–Trinajstić information content (AvgIpc) is 3.06. The first-order valence-corrected chi connectivity index (χ1v) is 11.2. The van der Waals surface area contributed by atoms with Gasteiger partial charge in [0.1, 0.15) is 11.5 Å². The van der Waals surface area contributed by atoms with Crippen LogP contribution in [0.3, 0.4) is 0 Å². The van der Waals surface area contributed by atoms with E-state index in [0.717, 1.165) is 17.1 Å². The van der Waals surface area contributed by atoms with E-state index in [-0.39, 0.29) is 5.41 Å². The molecule has 0 aromatic heterocycles. The Morgan fingerprint density at radius 3 is 2.16 bits per heavy atom. The summed E-state index contributed by atoms with van der Waals surface area (Å²) in [7, 11) is 0. The standard InChI is InChI=1S/C31H22O/c1-31(2)26-11-4-3-9-22(26)25-17-20(14-16-27(25)31)21-13-15-23-24-10-5-7-19-8-6-12-28(30(19)24)32-29(23)18-21/h3-18H,1-2H3. The smallest absolute Gasteiger partial charge is 0.135 e. The van der Waals surface area contributed by atoms with Gasteiger partial charge in [0.2, 0.25) is 0 Å². The summed E-state index contributed by atoms with van der Waals surface area (Å²) in [5.74, 6) is 1.86. The summed E-state index contributed by atoms with van der Waals surface area (Å²) in [6.07, 6.45) is 0. The monoisotopic (exact) mass is 410 g/mol. The minimum atomic E-state index is 0.0335. The molecule has 0 unspecified atom stereocenters. The Labute approximate surface area is 187 Å². The molecular formula is C31H22O. The van der Waals surface area contributed by atoms with Gasteiger partial charge in [-0.05, 0) is 68.6 Å². The van der Waals surface area contributed by atoms with Gasteiger partial charge in [0.15, 0.2) is 0 Å². The first kappa shape index (κ1) is 17.8. The van der Waals surface area contributed by atoms with Gasteiger partial charge in [-0.15, -0.1) is 0 Å². The van der Waals surface area contributed by atoms with Crippen molar-refractivity contribution in [1.29, 1.82) is 0 Å². The first-order valence-electron chi connectivity index (χ1n) is 11.2. The fourth-order valence-corrected chi connectivity index (χ4v) is 5.64. The van der Waals surface area contributed by atoms with Crippen LogP contribution in [0.4, 0.5) is 0 Å². The van der Waals surface area contributed by atoms with Crippen molar-refractivity contribution >= 4 is 10.8 Å². The zero-order valence-corrected chi connectivity index (χ0v) is 18.1. The van der Waals surface area contributed by atoms with Crippen molar-refractivity contribution in [3.8, 4) is 44.9 Å². The Morgan fingerprint density at radius 1 is 0.531 bits per heavy atom. The molecule has 7 rings (SSSR count). The van der Waals surface area contributed by atoms with Crippen LogP contribution >= 0.6 is 0 Å². The van der Waals surface area contributed by atoms with Crippen molar-refractivity contribution in [2.24, 2.45) is 0 Å². The summed E-state index contributed by atoms with van der Waals surface area (Å²) in [6, 6.07) is 35.1. The topological polar surface area (TPSA) is 9.23 Å². The molecule has 0 bridgehead atoms. The van der Waals surface area contributed by atoms with E-state index >= 15 is 0 Å². The third-order valence-corrected chi connectivity index (χ3v) is 7.27. The van der Waals surface area contributed by atoms with Gasteiger partial charge < -0.3 is 4.74 Å². The van der Waals surface area contributed by atoms with Gasteiger partial charge in [-0.25, -0.2) is 0 Å². The molecule has 0 saturated heterocycles. The van der Waals surface area contributed by atoms with Crippen molar-refractivity contribution in [3.05, 3.63) is 108 Å². The summed E-state index contributed by atoms with van der Waals surface area (Å²) in [5, 5.41) is 2.42. The average molecular weight is 411 g/mol. The van der Waals surface area contributed by atoms with Crippen LogP contribution in [-0.2, 0) is 5.41 Å². The predicted molar refractivity (Wildman–Crippen MR) is 132 cm³/mol. The lowest BCUT2D eigenvalue weighted by atomic mass is 9.82. The number of rotatable bonds is 1. The van der Waals surface area contributed by atoms with Gasteiger partial charge >= 0.3 is 0 Å². The Balaban J connectivity index is 1.39. The SMILES string of the molecule is CC1(C)c2ccccc2-c2cc(-c3ccc4c(c3)Oc3cccc5cccc-4c35)ccc21. The molecule has 2 aliphatic rings. The van der Waals surface area contributed by atoms with E-state index < -0.39 is 0 Å². The van der Waals surface area contributed by atoms with Gasteiger partial charge in [-0.2, -0.15) is 0 Å². The molecule has 1 aliphatic carbocycles. The molecule has 32 heavy (non-hydrogen) atoms. The molecule has 0 saturated carbocycles. The predicted octanol–water partition coefficient (Wildman–Crippen LogP) is 8.59. The molecule has 1 aliphatic heterocycles. The van der Waals surface area contributed by atoms with Crippen LogP contribution in [0, 0.1) is 0 Å². The number of hydrogen-bond acceptors (Lipinski definition) is 1. The van der Waals surface area contributed by atoms with Crippen LogP contribution in [0.25, 0.3) is 44.2 Å². The molecule has 0 atom stereocenters. The number of hydrogen-bond donors (Lipinski definition) is 0. The second-order valence-corrected chi connectivity index (χ2v) is 9.40. The molecule has 0 amide bonds. The molecule has 5 aromatic rings. The lowest BCUT2D eigenvalue weighted by molar-refractivity contribution is 0.487. The molecule has 1 heteroatoms. The largest absolute Gasteiger partial charge is 0.456 e. The molecule has 1 heterocycles. The third kappa shape index (κ3) is 2.28. The van der Waals surface area contributed by atoms with Crippen LogP contribution in [-0.4, -0.2) is 0 Å². The fourth-order valence-electron chi connectivity index (χ4n) is 5.64. The maximum Gasteiger partial charge on any atom is 0.135 e. The van der Waals surface area contributed by atoms with Gasteiger partial charge in [0, 0.05) is 16.4 Å². The molecule has 0 N–H and O–H groups in total. The van der Waals surface area contributed by atoms with E-state index in [4.69, 9.17) is 4.74 Å². The zero-order valence-electron chi connectivity index (χ0n) is 18.1. The quantitative estimate of drug-likeness (QED) is 0.264. The van der Waals surface area contributed by atoms with Gasteiger partial charge in [0.25, 0.3) is 0 Å². The van der Waals surface area contributed by atoms with Gasteiger partial charge in [0.05, 0.1) is 0 Å². The van der Waals surface area contributed by atoms with Crippen LogP contribution in [0.2, 0.25) is 0 Å². The summed E-state index contributed by atoms with van der Waals surface area (Å²) < 4.78 is 6.39. The lowest BCUT2D eigenvalue weighted by Crippen LogP contribution is -2.14. The highest BCUT2D eigenvalue weighted by atomic mass is 16.5.